The molecule has 0 aliphatic carbocycles. The smallest absolute Gasteiger partial charge is 0.226 e. The molecule has 0 aliphatic rings. The molecule has 23 heavy (non-hydrogen) atoms. The van der Waals surface area contributed by atoms with Crippen molar-refractivity contribution in [1.82, 2.24) is 19.5 Å². The molecule has 2 heterocycles. The SMILES string of the molecule is CNc1nc(NC)c2ncn(C(C)(C)[C@H](OC)[C@@H](C)OC)c2n1. The van der Waals surface area contributed by atoms with Crippen LogP contribution in [0.15, 0.2) is 6.33 Å². The van der Waals surface area contributed by atoms with Crippen molar-refractivity contribution in [1.29, 1.82) is 0 Å². The van der Waals surface area contributed by atoms with Gasteiger partial charge in [-0.15, -0.1) is 0 Å². The van der Waals surface area contributed by atoms with Crippen molar-refractivity contribution in [2.75, 3.05) is 38.9 Å². The van der Waals surface area contributed by atoms with E-state index in [4.69, 9.17) is 9.47 Å². The molecule has 0 aliphatic heterocycles. The van der Waals surface area contributed by atoms with Crippen LogP contribution in [0.2, 0.25) is 0 Å². The lowest BCUT2D eigenvalue weighted by Crippen LogP contribution is -2.47. The van der Waals surface area contributed by atoms with E-state index in [2.05, 4.69) is 39.4 Å². The third kappa shape index (κ3) is 2.96. The minimum atomic E-state index is -0.413. The summed E-state index contributed by atoms with van der Waals surface area (Å²) in [4.78, 5) is 13.4. The Bertz CT molecular complexity index is 669. The predicted molar refractivity (Wildman–Crippen MR) is 91.0 cm³/mol. The van der Waals surface area contributed by atoms with Crippen LogP contribution in [0, 0.1) is 0 Å². The fourth-order valence-corrected chi connectivity index (χ4v) is 2.92. The zero-order chi connectivity index (χ0) is 17.2. The summed E-state index contributed by atoms with van der Waals surface area (Å²) in [7, 11) is 6.97. The molecular weight excluding hydrogens is 296 g/mol. The lowest BCUT2D eigenvalue weighted by molar-refractivity contribution is -0.0783. The average Bonchev–Trinajstić information content (AvgIpc) is 2.98. The molecule has 0 bridgehead atoms. The maximum absolute atomic E-state index is 5.71. The van der Waals surface area contributed by atoms with Crippen molar-refractivity contribution in [2.45, 2.75) is 38.5 Å². The van der Waals surface area contributed by atoms with Gasteiger partial charge in [-0.05, 0) is 20.8 Å². The summed E-state index contributed by atoms with van der Waals surface area (Å²) in [6.45, 7) is 6.15. The molecule has 0 saturated carbocycles. The minimum Gasteiger partial charge on any atom is -0.379 e. The van der Waals surface area contributed by atoms with E-state index in [0.717, 1.165) is 11.2 Å². The van der Waals surface area contributed by atoms with Gasteiger partial charge in [-0.1, -0.05) is 0 Å². The van der Waals surface area contributed by atoms with Crippen LogP contribution in [-0.2, 0) is 15.0 Å². The second-order valence-corrected chi connectivity index (χ2v) is 5.93. The van der Waals surface area contributed by atoms with Gasteiger partial charge in [0.25, 0.3) is 0 Å². The van der Waals surface area contributed by atoms with Crippen LogP contribution in [0.1, 0.15) is 20.8 Å². The molecule has 0 saturated heterocycles. The summed E-state index contributed by atoms with van der Waals surface area (Å²) < 4.78 is 13.2. The third-order valence-corrected chi connectivity index (χ3v) is 4.23. The first-order valence-corrected chi connectivity index (χ1v) is 7.57. The van der Waals surface area contributed by atoms with Crippen LogP contribution in [0.4, 0.5) is 11.8 Å². The fraction of sp³-hybridized carbons (Fsp3) is 0.667. The molecular formula is C15H26N6O2. The Labute approximate surface area is 136 Å². The molecule has 0 radical (unpaired) electrons. The number of anilines is 2. The van der Waals surface area contributed by atoms with Crippen LogP contribution in [0.5, 0.6) is 0 Å². The van der Waals surface area contributed by atoms with Crippen molar-refractivity contribution in [3.63, 3.8) is 0 Å². The Kier molecular flexibility index (Phi) is 5.06. The molecule has 2 aromatic heterocycles. The normalized spacial score (nSPS) is 14.7. The Balaban J connectivity index is 2.62. The van der Waals surface area contributed by atoms with Gasteiger partial charge in [0, 0.05) is 28.3 Å². The van der Waals surface area contributed by atoms with Crippen LogP contribution < -0.4 is 10.6 Å². The quantitative estimate of drug-likeness (QED) is 0.802. The number of rotatable bonds is 7. The first-order chi connectivity index (χ1) is 10.9. The van der Waals surface area contributed by atoms with E-state index in [9.17, 15) is 0 Å². The maximum Gasteiger partial charge on any atom is 0.226 e. The van der Waals surface area contributed by atoms with Gasteiger partial charge in [0.05, 0.1) is 18.0 Å². The molecule has 2 N–H and O–H groups in total. The van der Waals surface area contributed by atoms with Crippen molar-refractivity contribution in [3.05, 3.63) is 6.33 Å². The highest BCUT2D eigenvalue weighted by molar-refractivity contribution is 5.84. The van der Waals surface area contributed by atoms with Gasteiger partial charge in [-0.2, -0.15) is 9.97 Å². The number of aromatic nitrogens is 4. The number of hydrogen-bond donors (Lipinski definition) is 2. The van der Waals surface area contributed by atoms with E-state index < -0.39 is 5.54 Å². The van der Waals surface area contributed by atoms with Crippen molar-refractivity contribution in [3.8, 4) is 0 Å². The van der Waals surface area contributed by atoms with Gasteiger partial charge < -0.3 is 24.7 Å². The molecule has 2 aromatic rings. The topological polar surface area (TPSA) is 86.1 Å². The van der Waals surface area contributed by atoms with Gasteiger partial charge in [-0.3, -0.25) is 0 Å². The molecule has 0 spiro atoms. The number of ether oxygens (including phenoxy) is 2. The van der Waals surface area contributed by atoms with E-state index >= 15 is 0 Å². The highest BCUT2D eigenvalue weighted by atomic mass is 16.5. The molecule has 0 amide bonds. The molecule has 0 unspecified atom stereocenters. The standard InChI is InChI=1S/C15H26N6O2/c1-9(22-6)11(23-7)15(2,3)21-8-18-10-12(16-4)19-14(17-5)20-13(10)21/h8-9,11H,1-7H3,(H2,16,17,19,20)/t9-,11-/m1/s1. The van der Waals surface area contributed by atoms with E-state index in [-0.39, 0.29) is 12.2 Å². The Morgan fingerprint density at radius 2 is 1.83 bits per heavy atom. The van der Waals surface area contributed by atoms with Gasteiger partial charge in [0.15, 0.2) is 17.0 Å². The molecule has 8 nitrogen and oxygen atoms in total. The van der Waals surface area contributed by atoms with Crippen molar-refractivity contribution >= 4 is 22.9 Å². The molecule has 2 rings (SSSR count). The van der Waals surface area contributed by atoms with E-state index in [1.54, 1.807) is 27.6 Å². The number of fused-ring (bicyclic) bond motifs is 1. The van der Waals surface area contributed by atoms with Crippen molar-refractivity contribution < 1.29 is 9.47 Å². The van der Waals surface area contributed by atoms with Crippen LogP contribution in [0.3, 0.4) is 0 Å². The number of imidazole rings is 1. The summed E-state index contributed by atoms with van der Waals surface area (Å²) in [5.74, 6) is 1.22. The molecule has 0 aromatic carbocycles. The Morgan fingerprint density at radius 1 is 1.13 bits per heavy atom. The zero-order valence-corrected chi connectivity index (χ0v) is 14.8. The molecule has 0 fully saturated rings. The van der Waals surface area contributed by atoms with E-state index in [1.165, 1.54) is 0 Å². The van der Waals surface area contributed by atoms with Gasteiger partial charge in [0.1, 0.15) is 6.10 Å². The Hall–Kier alpha value is -1.93. The Morgan fingerprint density at radius 3 is 2.35 bits per heavy atom. The highest BCUT2D eigenvalue weighted by Crippen LogP contribution is 2.31. The van der Waals surface area contributed by atoms with Crippen molar-refractivity contribution in [2.24, 2.45) is 0 Å². The van der Waals surface area contributed by atoms with Crippen LogP contribution in [0.25, 0.3) is 11.2 Å². The highest BCUT2D eigenvalue weighted by Gasteiger charge is 2.37. The summed E-state index contributed by atoms with van der Waals surface area (Å²) in [5.41, 5.74) is 1.05. The summed E-state index contributed by atoms with van der Waals surface area (Å²) >= 11 is 0. The predicted octanol–water partition coefficient (Wildman–Crippen LogP) is 1.69. The number of hydrogen-bond acceptors (Lipinski definition) is 7. The van der Waals surface area contributed by atoms with Gasteiger partial charge in [0.2, 0.25) is 5.95 Å². The molecule has 2 atom stereocenters. The summed E-state index contributed by atoms with van der Waals surface area (Å²) in [5, 5.41) is 6.04. The van der Waals surface area contributed by atoms with E-state index in [1.807, 2.05) is 18.5 Å². The maximum atomic E-state index is 5.71. The number of nitrogens with zero attached hydrogens (tertiary/aromatic N) is 4. The first-order valence-electron chi connectivity index (χ1n) is 7.57. The number of methoxy groups -OCH3 is 2. The van der Waals surface area contributed by atoms with Crippen LogP contribution >= 0.6 is 0 Å². The van der Waals surface area contributed by atoms with Gasteiger partial charge >= 0.3 is 0 Å². The lowest BCUT2D eigenvalue weighted by Gasteiger charge is -2.37. The van der Waals surface area contributed by atoms with Gasteiger partial charge in [-0.25, -0.2) is 4.98 Å². The summed E-state index contributed by atoms with van der Waals surface area (Å²) in [6.07, 6.45) is 1.52. The zero-order valence-electron chi connectivity index (χ0n) is 14.8. The summed E-state index contributed by atoms with van der Waals surface area (Å²) in [6, 6.07) is 0. The lowest BCUT2D eigenvalue weighted by atomic mass is 9.93. The third-order valence-electron chi connectivity index (χ3n) is 4.23. The second kappa shape index (κ2) is 6.67. The first kappa shape index (κ1) is 17.4. The largest absolute Gasteiger partial charge is 0.379 e. The fourth-order valence-electron chi connectivity index (χ4n) is 2.92. The monoisotopic (exact) mass is 322 g/mol. The molecule has 8 heteroatoms. The minimum absolute atomic E-state index is 0.0816. The molecule has 128 valence electrons. The number of nitrogens with one attached hydrogen (secondary N) is 2. The second-order valence-electron chi connectivity index (χ2n) is 5.93. The van der Waals surface area contributed by atoms with Crippen LogP contribution in [-0.4, -0.2) is 60.0 Å². The average molecular weight is 322 g/mol. The van der Waals surface area contributed by atoms with E-state index in [0.29, 0.717) is 11.8 Å².